The van der Waals surface area contributed by atoms with Crippen LogP contribution in [0.15, 0.2) is 75.6 Å². The van der Waals surface area contributed by atoms with E-state index in [0.29, 0.717) is 76.4 Å². The smallest absolute Gasteiger partial charge is 0.214 e. The van der Waals surface area contributed by atoms with Gasteiger partial charge in [-0.05, 0) is 68.4 Å². The maximum Gasteiger partial charge on any atom is 0.214 e. The molecule has 0 unspecified atom stereocenters. The predicted octanol–water partition coefficient (Wildman–Crippen LogP) is 4.70. The highest BCUT2D eigenvalue weighted by molar-refractivity contribution is 8.14. The van der Waals surface area contributed by atoms with E-state index in [4.69, 9.17) is 5.10 Å². The zero-order valence-electron chi connectivity index (χ0n) is 30.2. The summed E-state index contributed by atoms with van der Waals surface area (Å²) in [6.45, 7) is 5.88. The van der Waals surface area contributed by atoms with Crippen molar-refractivity contribution in [2.24, 2.45) is 5.10 Å². The van der Waals surface area contributed by atoms with Crippen LogP contribution in [0.1, 0.15) is 18.9 Å². The van der Waals surface area contributed by atoms with Crippen molar-refractivity contribution >= 4 is 61.5 Å². The molecule has 1 aliphatic carbocycles. The molecule has 0 spiro atoms. The number of hydrazine groups is 1. The van der Waals surface area contributed by atoms with Crippen LogP contribution in [0.3, 0.4) is 0 Å². The van der Waals surface area contributed by atoms with Crippen molar-refractivity contribution < 1.29 is 13.2 Å². The summed E-state index contributed by atoms with van der Waals surface area (Å²) in [4.78, 5) is 34.8. The van der Waals surface area contributed by atoms with Crippen LogP contribution in [-0.2, 0) is 0 Å². The number of thioether (sulfide) groups is 1. The van der Waals surface area contributed by atoms with Crippen LogP contribution in [0.2, 0.25) is 0 Å². The standard InChI is InChI=1S/C39H39F3N10O2S/c1-45-12-14-47(15-13-45)34-19-32-28(17-30(34)42)38(54)36(21-49(32)25-4-2-24(40)3-5-25)52-23-55-39-44-50(22-51(39)52)35-20-48(26-6-7-26)31-18-33(46-10-8-43-9-11-46)29(41)16-27(31)37(35)53/h2-5,16-21,26,43H,6-15,22-23H2,1H3. The molecule has 55 heavy (non-hydrogen) atoms. The minimum Gasteiger partial charge on any atom is -0.367 e. The normalized spacial score (nSPS) is 19.3. The number of hydrogen-bond donors (Lipinski definition) is 1. The highest BCUT2D eigenvalue weighted by atomic mass is 32.2. The molecule has 0 amide bonds. The summed E-state index contributed by atoms with van der Waals surface area (Å²) in [5, 5.41) is 14.4. The molecule has 2 aromatic heterocycles. The van der Waals surface area contributed by atoms with Gasteiger partial charge in [-0.3, -0.25) is 14.6 Å². The van der Waals surface area contributed by atoms with Gasteiger partial charge in [0.05, 0.1) is 39.1 Å². The van der Waals surface area contributed by atoms with Crippen molar-refractivity contribution in [2.45, 2.75) is 18.9 Å². The van der Waals surface area contributed by atoms with Gasteiger partial charge in [-0.1, -0.05) is 11.8 Å². The topological polar surface area (TPSA) is 87.8 Å². The van der Waals surface area contributed by atoms with E-state index in [0.717, 1.165) is 39.0 Å². The van der Waals surface area contributed by atoms with Crippen molar-refractivity contribution in [2.75, 3.05) is 91.8 Å². The van der Waals surface area contributed by atoms with Crippen LogP contribution in [0, 0.1) is 17.5 Å². The molecule has 16 heteroatoms. The number of likely N-dealkylation sites (N-methyl/N-ethyl adjacent to an activating group) is 1. The lowest BCUT2D eigenvalue weighted by Gasteiger charge is -2.34. The number of piperazine rings is 2. The zero-order chi connectivity index (χ0) is 37.5. The summed E-state index contributed by atoms with van der Waals surface area (Å²) in [5.74, 6) is -0.962. The van der Waals surface area contributed by atoms with Crippen molar-refractivity contribution in [1.82, 2.24) is 24.4 Å². The van der Waals surface area contributed by atoms with E-state index in [1.807, 2.05) is 34.1 Å². The Kier molecular flexibility index (Phi) is 8.26. The van der Waals surface area contributed by atoms with Gasteiger partial charge in [0.25, 0.3) is 0 Å². The maximum absolute atomic E-state index is 15.9. The van der Waals surface area contributed by atoms with Crippen LogP contribution >= 0.6 is 11.8 Å². The first-order chi connectivity index (χ1) is 26.7. The summed E-state index contributed by atoms with van der Waals surface area (Å²) in [6, 6.07) is 12.4. The van der Waals surface area contributed by atoms with E-state index in [1.54, 1.807) is 39.0 Å². The van der Waals surface area contributed by atoms with Gasteiger partial charge in [0, 0.05) is 76.5 Å². The molecular weight excluding hydrogens is 730 g/mol. The minimum absolute atomic E-state index is 0.125. The number of amidine groups is 1. The van der Waals surface area contributed by atoms with Crippen LogP contribution in [0.5, 0.6) is 0 Å². The van der Waals surface area contributed by atoms with E-state index in [-0.39, 0.29) is 34.6 Å². The van der Waals surface area contributed by atoms with Gasteiger partial charge in [-0.15, -0.1) is 5.10 Å². The first-order valence-electron chi connectivity index (χ1n) is 18.7. The van der Waals surface area contributed by atoms with Gasteiger partial charge < -0.3 is 29.2 Å². The van der Waals surface area contributed by atoms with Crippen LogP contribution in [0.4, 0.5) is 35.9 Å². The summed E-state index contributed by atoms with van der Waals surface area (Å²) in [6.07, 6.45) is 5.47. The van der Waals surface area contributed by atoms with Gasteiger partial charge in [0.2, 0.25) is 16.0 Å². The molecular formula is C39H39F3N10O2S. The average molecular weight is 769 g/mol. The molecule has 10 rings (SSSR count). The van der Waals surface area contributed by atoms with Gasteiger partial charge in [-0.2, -0.15) is 0 Å². The number of rotatable bonds is 6. The Labute approximate surface area is 318 Å². The van der Waals surface area contributed by atoms with Crippen LogP contribution in [-0.4, -0.2) is 96.2 Å². The number of anilines is 4. The van der Waals surface area contributed by atoms with Crippen molar-refractivity contribution in [1.29, 1.82) is 0 Å². The third-order valence-electron chi connectivity index (χ3n) is 11.3. The number of hydrogen-bond acceptors (Lipinski definition) is 11. The first kappa shape index (κ1) is 34.3. The molecule has 1 N–H and O–H groups in total. The van der Waals surface area contributed by atoms with Gasteiger partial charge in [-0.25, -0.2) is 23.2 Å². The second-order valence-electron chi connectivity index (χ2n) is 14.8. The Balaban J connectivity index is 1.03. The molecule has 284 valence electrons. The fourth-order valence-electron chi connectivity index (χ4n) is 8.12. The Morgan fingerprint density at radius 2 is 1.36 bits per heavy atom. The van der Waals surface area contributed by atoms with Crippen molar-refractivity contribution in [3.05, 3.63) is 98.8 Å². The zero-order valence-corrected chi connectivity index (χ0v) is 31.0. The van der Waals surface area contributed by atoms with E-state index >= 15 is 8.78 Å². The molecule has 3 aromatic carbocycles. The van der Waals surface area contributed by atoms with E-state index < -0.39 is 17.5 Å². The third kappa shape index (κ3) is 5.88. The second-order valence-corrected chi connectivity index (χ2v) is 15.7. The molecule has 4 aliphatic heterocycles. The molecule has 4 fully saturated rings. The Morgan fingerprint density at radius 3 is 2.05 bits per heavy atom. The number of fused-ring (bicyclic) bond motifs is 3. The summed E-state index contributed by atoms with van der Waals surface area (Å²) < 4.78 is 49.7. The minimum atomic E-state index is -0.484. The lowest BCUT2D eigenvalue weighted by Crippen LogP contribution is -2.45. The maximum atomic E-state index is 15.9. The summed E-state index contributed by atoms with van der Waals surface area (Å²) in [5.41, 5.74) is 2.64. The lowest BCUT2D eigenvalue weighted by atomic mass is 10.1. The lowest BCUT2D eigenvalue weighted by molar-refractivity contribution is 0.312. The molecule has 0 bridgehead atoms. The average Bonchev–Trinajstić information content (AvgIpc) is 3.84. The number of halogens is 3. The highest BCUT2D eigenvalue weighted by Crippen LogP contribution is 2.40. The number of pyridine rings is 2. The van der Waals surface area contributed by atoms with Gasteiger partial charge in [0.15, 0.2) is 0 Å². The van der Waals surface area contributed by atoms with E-state index in [2.05, 4.69) is 14.8 Å². The molecule has 0 atom stereocenters. The first-order valence-corrected chi connectivity index (χ1v) is 19.7. The Bertz CT molecular complexity index is 2510. The molecule has 12 nitrogen and oxygen atoms in total. The number of benzene rings is 3. The number of nitrogens with zero attached hydrogens (tertiary/aromatic N) is 9. The quantitative estimate of drug-likeness (QED) is 0.263. The van der Waals surface area contributed by atoms with E-state index in [9.17, 15) is 14.0 Å². The fourth-order valence-corrected chi connectivity index (χ4v) is 9.09. The molecule has 5 aromatic rings. The Morgan fingerprint density at radius 1 is 0.727 bits per heavy atom. The number of hydrazone groups is 1. The molecule has 5 aliphatic rings. The monoisotopic (exact) mass is 768 g/mol. The SMILES string of the molecule is CN1CCN(c2cc3c(cc2F)c(=O)c(N2CSC4=NN(c5cn(C6CC6)c6cc(N7CCNCC7)c(F)cc6c5=O)CN42)cn3-c2ccc(F)cc2)CC1. The Hall–Kier alpha value is -5.19. The van der Waals surface area contributed by atoms with Crippen LogP contribution < -0.4 is 36.0 Å². The predicted molar refractivity (Wildman–Crippen MR) is 212 cm³/mol. The molecule has 3 saturated heterocycles. The molecule has 6 heterocycles. The fraction of sp³-hybridized carbons (Fsp3) is 0.359. The number of nitrogens with one attached hydrogen (secondary N) is 1. The summed E-state index contributed by atoms with van der Waals surface area (Å²) in [7, 11) is 2.03. The molecule has 1 saturated carbocycles. The number of aromatic nitrogens is 2. The van der Waals surface area contributed by atoms with E-state index in [1.165, 1.54) is 36.0 Å². The second kappa shape index (κ2) is 13.2. The van der Waals surface area contributed by atoms with Gasteiger partial charge >= 0.3 is 0 Å². The molecule has 0 radical (unpaired) electrons. The highest BCUT2D eigenvalue weighted by Gasteiger charge is 2.39. The van der Waals surface area contributed by atoms with Crippen LogP contribution in [0.25, 0.3) is 27.5 Å². The summed E-state index contributed by atoms with van der Waals surface area (Å²) >= 11 is 1.41. The van der Waals surface area contributed by atoms with Crippen molar-refractivity contribution in [3.63, 3.8) is 0 Å². The van der Waals surface area contributed by atoms with Gasteiger partial charge in [0.1, 0.15) is 35.5 Å². The largest absolute Gasteiger partial charge is 0.367 e. The van der Waals surface area contributed by atoms with Crippen molar-refractivity contribution in [3.8, 4) is 5.69 Å². The third-order valence-corrected chi connectivity index (χ3v) is 12.3.